The Balaban J connectivity index is 2.08. The highest BCUT2D eigenvalue weighted by atomic mass is 79.9. The molecular weight excluding hydrogens is 322 g/mol. The Morgan fingerprint density at radius 1 is 1.32 bits per heavy atom. The van der Waals surface area contributed by atoms with Crippen LogP contribution in [0.1, 0.15) is 22.9 Å². The molecule has 0 saturated heterocycles. The first-order chi connectivity index (χ1) is 9.20. The third-order valence-electron chi connectivity index (χ3n) is 2.83. The van der Waals surface area contributed by atoms with E-state index in [-0.39, 0.29) is 0 Å². The zero-order valence-corrected chi connectivity index (χ0v) is 13.6. The number of ether oxygens (including phenoxy) is 1. The minimum Gasteiger partial charge on any atom is -0.488 e. The van der Waals surface area contributed by atoms with Gasteiger partial charge in [0.1, 0.15) is 12.4 Å². The van der Waals surface area contributed by atoms with Crippen molar-refractivity contribution in [2.75, 3.05) is 6.54 Å². The van der Waals surface area contributed by atoms with Crippen LogP contribution in [-0.4, -0.2) is 6.54 Å². The molecule has 0 bridgehead atoms. The molecule has 0 atom stereocenters. The van der Waals surface area contributed by atoms with E-state index in [0.29, 0.717) is 6.61 Å². The van der Waals surface area contributed by atoms with Gasteiger partial charge in [0.2, 0.25) is 0 Å². The van der Waals surface area contributed by atoms with Gasteiger partial charge in [-0.25, -0.2) is 0 Å². The van der Waals surface area contributed by atoms with Crippen LogP contribution in [0.25, 0.3) is 0 Å². The molecule has 0 unspecified atom stereocenters. The Bertz CT molecular complexity index is 539. The predicted molar refractivity (Wildman–Crippen MR) is 84.9 cm³/mol. The fourth-order valence-corrected chi connectivity index (χ4v) is 3.20. The number of aryl methyl sites for hydroxylation is 1. The minimum absolute atomic E-state index is 0.612. The summed E-state index contributed by atoms with van der Waals surface area (Å²) in [4.78, 5) is 1.22. The van der Waals surface area contributed by atoms with Crippen molar-refractivity contribution in [2.45, 2.75) is 27.0 Å². The van der Waals surface area contributed by atoms with E-state index in [1.165, 1.54) is 16.0 Å². The molecule has 1 aromatic heterocycles. The molecule has 0 aliphatic carbocycles. The van der Waals surface area contributed by atoms with Gasteiger partial charge in [-0.2, -0.15) is 0 Å². The number of hydrogen-bond acceptors (Lipinski definition) is 3. The Morgan fingerprint density at radius 3 is 2.84 bits per heavy atom. The molecule has 19 heavy (non-hydrogen) atoms. The minimum atomic E-state index is 0.612. The highest BCUT2D eigenvalue weighted by molar-refractivity contribution is 9.10. The van der Waals surface area contributed by atoms with Crippen molar-refractivity contribution >= 4 is 27.3 Å². The second-order valence-corrected chi connectivity index (χ2v) is 6.23. The summed E-state index contributed by atoms with van der Waals surface area (Å²) in [5.74, 6) is 0.965. The second kappa shape index (κ2) is 7.08. The number of thiophene rings is 1. The normalized spacial score (nSPS) is 10.7. The first-order valence-electron chi connectivity index (χ1n) is 6.35. The molecule has 1 N–H and O–H groups in total. The van der Waals surface area contributed by atoms with Crippen molar-refractivity contribution in [3.63, 3.8) is 0 Å². The molecule has 0 aliphatic rings. The van der Waals surface area contributed by atoms with Gasteiger partial charge < -0.3 is 10.1 Å². The summed E-state index contributed by atoms with van der Waals surface area (Å²) < 4.78 is 7.08. The van der Waals surface area contributed by atoms with Crippen molar-refractivity contribution in [1.29, 1.82) is 0 Å². The Morgan fingerprint density at radius 2 is 2.16 bits per heavy atom. The lowest BCUT2D eigenvalue weighted by Gasteiger charge is -2.12. The van der Waals surface area contributed by atoms with E-state index in [9.17, 15) is 0 Å². The van der Waals surface area contributed by atoms with Gasteiger partial charge in [-0.05, 0) is 46.9 Å². The van der Waals surface area contributed by atoms with Crippen LogP contribution >= 0.6 is 27.3 Å². The fraction of sp³-hybridized carbons (Fsp3) is 0.333. The molecule has 4 heteroatoms. The van der Waals surface area contributed by atoms with E-state index in [1.807, 2.05) is 0 Å². The topological polar surface area (TPSA) is 21.3 Å². The summed E-state index contributed by atoms with van der Waals surface area (Å²) in [7, 11) is 0. The van der Waals surface area contributed by atoms with Crippen LogP contribution in [0.15, 0.2) is 34.1 Å². The summed E-state index contributed by atoms with van der Waals surface area (Å²) in [5, 5.41) is 5.42. The van der Waals surface area contributed by atoms with Gasteiger partial charge in [0.15, 0.2) is 0 Å². The van der Waals surface area contributed by atoms with Crippen molar-refractivity contribution < 1.29 is 4.74 Å². The molecule has 0 amide bonds. The number of hydrogen-bond donors (Lipinski definition) is 1. The molecule has 0 saturated carbocycles. The largest absolute Gasteiger partial charge is 0.488 e. The van der Waals surface area contributed by atoms with E-state index in [0.717, 1.165) is 23.3 Å². The van der Waals surface area contributed by atoms with Crippen molar-refractivity contribution in [1.82, 2.24) is 5.32 Å². The molecule has 0 fully saturated rings. The number of halogens is 1. The quantitative estimate of drug-likeness (QED) is 0.836. The molecule has 2 nitrogen and oxygen atoms in total. The summed E-state index contributed by atoms with van der Waals surface area (Å²) in [6, 6.07) is 8.39. The van der Waals surface area contributed by atoms with Crippen LogP contribution in [0.2, 0.25) is 0 Å². The monoisotopic (exact) mass is 339 g/mol. The van der Waals surface area contributed by atoms with Crippen LogP contribution in [0.5, 0.6) is 5.75 Å². The smallest absolute Gasteiger partial charge is 0.124 e. The second-order valence-electron chi connectivity index (χ2n) is 4.37. The first kappa shape index (κ1) is 14.6. The molecule has 0 radical (unpaired) electrons. The summed E-state index contributed by atoms with van der Waals surface area (Å²) >= 11 is 5.24. The lowest BCUT2D eigenvalue weighted by Crippen LogP contribution is -2.13. The molecule has 2 aromatic rings. The van der Waals surface area contributed by atoms with Crippen LogP contribution in [-0.2, 0) is 13.2 Å². The van der Waals surface area contributed by atoms with E-state index in [1.54, 1.807) is 11.3 Å². The van der Waals surface area contributed by atoms with Gasteiger partial charge in [-0.1, -0.05) is 24.6 Å². The standard InChI is InChI=1S/C15H18BrNOS/c1-3-17-9-12-8-11(2)4-5-14(12)18-10-15-13(16)6-7-19-15/h4-8,17H,3,9-10H2,1-2H3. The van der Waals surface area contributed by atoms with Crippen molar-refractivity contribution in [2.24, 2.45) is 0 Å². The number of rotatable bonds is 6. The zero-order valence-electron chi connectivity index (χ0n) is 11.2. The third kappa shape index (κ3) is 4.06. The zero-order chi connectivity index (χ0) is 13.7. The molecule has 1 heterocycles. The first-order valence-corrected chi connectivity index (χ1v) is 8.03. The lowest BCUT2D eigenvalue weighted by atomic mass is 10.1. The average Bonchev–Trinajstić information content (AvgIpc) is 2.81. The van der Waals surface area contributed by atoms with Crippen molar-refractivity contribution in [3.05, 3.63) is 50.1 Å². The molecule has 0 aliphatic heterocycles. The average molecular weight is 340 g/mol. The maximum atomic E-state index is 5.95. The predicted octanol–water partition coefficient (Wildman–Crippen LogP) is 4.51. The van der Waals surface area contributed by atoms with Crippen LogP contribution < -0.4 is 10.1 Å². The van der Waals surface area contributed by atoms with Gasteiger partial charge in [0, 0.05) is 16.6 Å². The van der Waals surface area contributed by atoms with E-state index in [4.69, 9.17) is 4.74 Å². The molecule has 1 aromatic carbocycles. The van der Waals surface area contributed by atoms with E-state index >= 15 is 0 Å². The Hall–Kier alpha value is -0.840. The maximum absolute atomic E-state index is 5.95. The Labute approximate surface area is 126 Å². The molecule has 102 valence electrons. The van der Waals surface area contributed by atoms with Crippen molar-refractivity contribution in [3.8, 4) is 5.75 Å². The van der Waals surface area contributed by atoms with E-state index in [2.05, 4.69) is 64.7 Å². The number of benzene rings is 1. The van der Waals surface area contributed by atoms with Crippen LogP contribution in [0.3, 0.4) is 0 Å². The molecule has 2 rings (SSSR count). The maximum Gasteiger partial charge on any atom is 0.124 e. The SMILES string of the molecule is CCNCc1cc(C)ccc1OCc1sccc1Br. The van der Waals surface area contributed by atoms with Gasteiger partial charge in [-0.15, -0.1) is 11.3 Å². The van der Waals surface area contributed by atoms with Gasteiger partial charge in [0.05, 0.1) is 4.88 Å². The van der Waals surface area contributed by atoms with Gasteiger partial charge in [-0.3, -0.25) is 0 Å². The van der Waals surface area contributed by atoms with Crippen LogP contribution in [0, 0.1) is 6.92 Å². The molecular formula is C15H18BrNOS. The van der Waals surface area contributed by atoms with Crippen LogP contribution in [0.4, 0.5) is 0 Å². The summed E-state index contributed by atoms with van der Waals surface area (Å²) in [5.41, 5.74) is 2.48. The van der Waals surface area contributed by atoms with E-state index < -0.39 is 0 Å². The molecule has 0 spiro atoms. The lowest BCUT2D eigenvalue weighted by molar-refractivity contribution is 0.305. The fourth-order valence-electron chi connectivity index (χ4n) is 1.82. The summed E-state index contributed by atoms with van der Waals surface area (Å²) in [6.45, 7) is 6.64. The number of nitrogens with one attached hydrogen (secondary N) is 1. The highest BCUT2D eigenvalue weighted by Crippen LogP contribution is 2.26. The van der Waals surface area contributed by atoms with Gasteiger partial charge in [0.25, 0.3) is 0 Å². The van der Waals surface area contributed by atoms with Gasteiger partial charge >= 0.3 is 0 Å². The third-order valence-corrected chi connectivity index (χ3v) is 4.73. The highest BCUT2D eigenvalue weighted by Gasteiger charge is 2.06. The summed E-state index contributed by atoms with van der Waals surface area (Å²) in [6.07, 6.45) is 0. The Kier molecular flexibility index (Phi) is 5.43.